The lowest BCUT2D eigenvalue weighted by atomic mass is 10.0. The topological polar surface area (TPSA) is 89.7 Å². The summed E-state index contributed by atoms with van der Waals surface area (Å²) < 4.78 is 1.54. The molecule has 8 heteroatoms. The summed E-state index contributed by atoms with van der Waals surface area (Å²) in [5.74, 6) is 0.904. The maximum Gasteiger partial charge on any atom is 0.373 e. The molecule has 2 aromatic rings. The van der Waals surface area contributed by atoms with E-state index in [1.807, 2.05) is 11.8 Å². The fourth-order valence-corrected chi connectivity index (χ4v) is 3.26. The van der Waals surface area contributed by atoms with E-state index in [2.05, 4.69) is 4.98 Å². The van der Waals surface area contributed by atoms with Crippen molar-refractivity contribution in [3.05, 3.63) is 21.7 Å². The maximum atomic E-state index is 11.3. The largest absolute Gasteiger partial charge is 0.373 e. The van der Waals surface area contributed by atoms with Gasteiger partial charge in [-0.25, -0.2) is 0 Å². The average molecular weight is 281 g/mol. The van der Waals surface area contributed by atoms with Crippen LogP contribution in [-0.4, -0.2) is 33.4 Å². The fraction of sp³-hybridized carbons (Fsp3) is 0.545. The Bertz CT molecular complexity index is 620. The van der Waals surface area contributed by atoms with Gasteiger partial charge in [0.2, 0.25) is 5.82 Å². The average Bonchev–Trinajstić information content (AvgIpc) is 3.02. The van der Waals surface area contributed by atoms with E-state index in [-0.39, 0.29) is 16.8 Å². The molecule has 102 valence electrons. The van der Waals surface area contributed by atoms with Crippen LogP contribution in [0.5, 0.6) is 0 Å². The van der Waals surface area contributed by atoms with Crippen molar-refractivity contribution in [2.45, 2.75) is 19.4 Å². The van der Waals surface area contributed by atoms with Crippen molar-refractivity contribution in [3.63, 3.8) is 0 Å². The van der Waals surface area contributed by atoms with Gasteiger partial charge in [0.05, 0.1) is 0 Å². The van der Waals surface area contributed by atoms with Gasteiger partial charge in [-0.3, -0.25) is 0 Å². The smallest absolute Gasteiger partial charge is 0.358 e. The third kappa shape index (κ3) is 1.96. The van der Waals surface area contributed by atoms with Crippen molar-refractivity contribution in [2.24, 2.45) is 11.7 Å². The number of rotatable bonds is 3. The van der Waals surface area contributed by atoms with Gasteiger partial charge in [0.1, 0.15) is 6.20 Å². The Morgan fingerprint density at radius 1 is 1.68 bits per heavy atom. The number of anilines is 1. The van der Waals surface area contributed by atoms with Crippen LogP contribution in [0.25, 0.3) is 4.96 Å². The summed E-state index contributed by atoms with van der Waals surface area (Å²) in [5, 5.41) is 13.1. The van der Waals surface area contributed by atoms with E-state index in [4.69, 9.17) is 5.73 Å². The quantitative estimate of drug-likeness (QED) is 0.679. The molecule has 0 radical (unpaired) electrons. The van der Waals surface area contributed by atoms with Crippen molar-refractivity contribution >= 4 is 27.9 Å². The zero-order valence-electron chi connectivity index (χ0n) is 10.5. The second-order valence-electron chi connectivity index (χ2n) is 4.93. The molecule has 19 heavy (non-hydrogen) atoms. The van der Waals surface area contributed by atoms with E-state index in [9.17, 15) is 10.1 Å². The zero-order chi connectivity index (χ0) is 13.6. The molecule has 0 amide bonds. The van der Waals surface area contributed by atoms with Gasteiger partial charge < -0.3 is 20.7 Å². The molecule has 2 N–H and O–H groups in total. The third-order valence-electron chi connectivity index (χ3n) is 3.66. The first kappa shape index (κ1) is 12.4. The molecule has 3 heterocycles. The monoisotopic (exact) mass is 281 g/mol. The van der Waals surface area contributed by atoms with Gasteiger partial charge in [-0.1, -0.05) is 11.3 Å². The van der Waals surface area contributed by atoms with E-state index in [1.165, 1.54) is 11.3 Å². The van der Waals surface area contributed by atoms with E-state index >= 15 is 0 Å². The molecule has 0 spiro atoms. The molecular weight excluding hydrogens is 266 g/mol. The van der Waals surface area contributed by atoms with Crippen LogP contribution in [0.2, 0.25) is 0 Å². The normalized spacial score (nSPS) is 21.2. The van der Waals surface area contributed by atoms with Gasteiger partial charge in [-0.15, -0.1) is 0 Å². The highest BCUT2D eigenvalue weighted by Gasteiger charge is 2.33. The van der Waals surface area contributed by atoms with Gasteiger partial charge >= 0.3 is 5.82 Å². The minimum atomic E-state index is -0.360. The molecule has 1 aliphatic heterocycles. The number of nitro groups is 1. The molecule has 1 aliphatic rings. The molecular formula is C11H15N5O2S. The second-order valence-corrected chi connectivity index (χ2v) is 5.80. The van der Waals surface area contributed by atoms with Gasteiger partial charge in [0.25, 0.3) is 4.96 Å². The third-order valence-corrected chi connectivity index (χ3v) is 4.42. The number of hydrogen-bond acceptors (Lipinski definition) is 6. The van der Waals surface area contributed by atoms with E-state index in [1.54, 1.807) is 16.0 Å². The lowest BCUT2D eigenvalue weighted by Gasteiger charge is -2.17. The van der Waals surface area contributed by atoms with Crippen LogP contribution in [0.1, 0.15) is 13.3 Å². The zero-order valence-corrected chi connectivity index (χ0v) is 11.3. The molecule has 0 aliphatic carbocycles. The van der Waals surface area contributed by atoms with Crippen molar-refractivity contribution in [1.29, 1.82) is 0 Å². The van der Waals surface area contributed by atoms with Gasteiger partial charge in [-0.2, -0.15) is 9.38 Å². The predicted octanol–water partition coefficient (Wildman–Crippen LogP) is 1.48. The Morgan fingerprint density at radius 3 is 3.11 bits per heavy atom. The summed E-state index contributed by atoms with van der Waals surface area (Å²) in [7, 11) is 0. The van der Waals surface area contributed by atoms with Crippen LogP contribution < -0.4 is 10.6 Å². The number of nitrogens with two attached hydrogens (primary N) is 1. The maximum absolute atomic E-state index is 11.3. The molecule has 0 aromatic carbocycles. The summed E-state index contributed by atoms with van der Waals surface area (Å²) >= 11 is 1.40. The number of fused-ring (bicyclic) bond motifs is 1. The highest BCUT2D eigenvalue weighted by molar-refractivity contribution is 7.15. The Balaban J connectivity index is 1.99. The first-order valence-corrected chi connectivity index (χ1v) is 7.06. The number of nitrogens with zero attached hydrogens (tertiary/aromatic N) is 4. The predicted molar refractivity (Wildman–Crippen MR) is 73.7 cm³/mol. The van der Waals surface area contributed by atoms with Crippen LogP contribution in [-0.2, 0) is 0 Å². The summed E-state index contributed by atoms with van der Waals surface area (Å²) in [6.07, 6.45) is 2.65. The highest BCUT2D eigenvalue weighted by Crippen LogP contribution is 2.34. The second kappa shape index (κ2) is 4.46. The van der Waals surface area contributed by atoms with Gasteiger partial charge in [0, 0.05) is 24.5 Å². The Labute approximate surface area is 113 Å². The van der Waals surface area contributed by atoms with E-state index in [0.717, 1.165) is 19.5 Å². The fourth-order valence-electron chi connectivity index (χ4n) is 2.55. The Kier molecular flexibility index (Phi) is 2.90. The molecule has 3 rings (SSSR count). The molecule has 7 nitrogen and oxygen atoms in total. The van der Waals surface area contributed by atoms with Crippen LogP contribution in [0.4, 0.5) is 11.6 Å². The van der Waals surface area contributed by atoms with Crippen molar-refractivity contribution in [3.8, 4) is 0 Å². The lowest BCUT2D eigenvalue weighted by Crippen LogP contribution is -2.30. The number of hydrogen-bond donors (Lipinski definition) is 1. The SMILES string of the molecule is CC(N)C1CCN(c2nc3sccn3c2[N+](=O)[O-])C1. The summed E-state index contributed by atoms with van der Waals surface area (Å²) in [4.78, 5) is 17.9. The molecule has 0 saturated carbocycles. The van der Waals surface area contributed by atoms with Crippen LogP contribution in [0.15, 0.2) is 11.6 Å². The van der Waals surface area contributed by atoms with Crippen LogP contribution >= 0.6 is 11.3 Å². The number of thiazole rings is 1. The molecule has 2 atom stereocenters. The molecule has 2 aromatic heterocycles. The van der Waals surface area contributed by atoms with Gasteiger partial charge in [-0.05, 0) is 24.2 Å². The first-order valence-electron chi connectivity index (χ1n) is 6.18. The first-order chi connectivity index (χ1) is 9.08. The Hall–Kier alpha value is -1.67. The van der Waals surface area contributed by atoms with Crippen molar-refractivity contribution in [2.75, 3.05) is 18.0 Å². The number of imidazole rings is 1. The highest BCUT2D eigenvalue weighted by atomic mass is 32.1. The molecule has 2 unspecified atom stereocenters. The molecule has 0 bridgehead atoms. The van der Waals surface area contributed by atoms with Crippen molar-refractivity contribution < 1.29 is 4.92 Å². The van der Waals surface area contributed by atoms with Crippen LogP contribution in [0.3, 0.4) is 0 Å². The minimum Gasteiger partial charge on any atom is -0.358 e. The molecule has 1 fully saturated rings. The van der Waals surface area contributed by atoms with Gasteiger partial charge in [0.15, 0.2) is 0 Å². The minimum absolute atomic E-state index is 0.0570. The summed E-state index contributed by atoms with van der Waals surface area (Å²) in [6, 6.07) is 0.104. The van der Waals surface area contributed by atoms with E-state index in [0.29, 0.717) is 16.7 Å². The standard InChI is InChI=1S/C11H15N5O2S/c1-7(12)8-2-3-14(6-8)9-10(16(17)18)15-4-5-19-11(15)13-9/h4-5,7-8H,2-3,6,12H2,1H3. The molecule has 1 saturated heterocycles. The lowest BCUT2D eigenvalue weighted by molar-refractivity contribution is -0.389. The number of aromatic nitrogens is 2. The Morgan fingerprint density at radius 2 is 2.47 bits per heavy atom. The van der Waals surface area contributed by atoms with Crippen LogP contribution in [0, 0.1) is 16.0 Å². The summed E-state index contributed by atoms with van der Waals surface area (Å²) in [5.41, 5.74) is 5.91. The van der Waals surface area contributed by atoms with E-state index < -0.39 is 0 Å². The van der Waals surface area contributed by atoms with Crippen molar-refractivity contribution in [1.82, 2.24) is 9.38 Å². The summed E-state index contributed by atoms with van der Waals surface area (Å²) in [6.45, 7) is 3.50.